The SMILES string of the molecule is COc1ccc(C(C)(C)NC(=O)[C@H]2CC[C@H]3[C@@H]4CC=C5C=C(C(=O)O)CC[C@]5(C)[C@H]4[C@@H](O)C[C@]23C)cc1. The summed E-state index contributed by atoms with van der Waals surface area (Å²) in [6.07, 6.45) is 8.11. The lowest BCUT2D eigenvalue weighted by Crippen LogP contribution is -2.57. The number of methoxy groups -OCH3 is 1. The van der Waals surface area contributed by atoms with E-state index in [1.54, 1.807) is 7.11 Å². The van der Waals surface area contributed by atoms with Gasteiger partial charge >= 0.3 is 5.97 Å². The van der Waals surface area contributed by atoms with Gasteiger partial charge in [0.2, 0.25) is 5.91 Å². The van der Waals surface area contributed by atoms with Crippen LogP contribution in [0.25, 0.3) is 0 Å². The van der Waals surface area contributed by atoms with Crippen molar-refractivity contribution in [1.29, 1.82) is 0 Å². The number of aliphatic carboxylic acids is 1. The van der Waals surface area contributed by atoms with Gasteiger partial charge in [0.05, 0.1) is 18.8 Å². The van der Waals surface area contributed by atoms with Crippen LogP contribution < -0.4 is 10.1 Å². The van der Waals surface area contributed by atoms with Crippen molar-refractivity contribution in [1.82, 2.24) is 5.32 Å². The zero-order valence-electron chi connectivity index (χ0n) is 22.7. The second kappa shape index (κ2) is 9.00. The molecular weight excluding hydrogens is 466 g/mol. The molecule has 0 aliphatic heterocycles. The zero-order valence-corrected chi connectivity index (χ0v) is 22.7. The molecule has 6 nitrogen and oxygen atoms in total. The molecule has 6 heteroatoms. The van der Waals surface area contributed by atoms with E-state index in [0.717, 1.165) is 42.6 Å². The molecule has 0 saturated heterocycles. The summed E-state index contributed by atoms with van der Waals surface area (Å²) in [4.78, 5) is 25.4. The molecule has 0 bridgehead atoms. The van der Waals surface area contributed by atoms with Crippen LogP contribution in [0.3, 0.4) is 0 Å². The summed E-state index contributed by atoms with van der Waals surface area (Å²) < 4.78 is 5.28. The van der Waals surface area contributed by atoms with Crippen molar-refractivity contribution >= 4 is 11.9 Å². The molecule has 5 rings (SSSR count). The highest BCUT2D eigenvalue weighted by atomic mass is 16.5. The highest BCUT2D eigenvalue weighted by molar-refractivity contribution is 5.87. The first-order chi connectivity index (χ1) is 17.4. The molecule has 200 valence electrons. The number of aliphatic hydroxyl groups excluding tert-OH is 1. The Labute approximate surface area is 220 Å². The van der Waals surface area contributed by atoms with Crippen LogP contribution in [0.4, 0.5) is 0 Å². The first kappa shape index (κ1) is 26.0. The Kier molecular flexibility index (Phi) is 6.33. The van der Waals surface area contributed by atoms with Crippen LogP contribution in [0.5, 0.6) is 5.75 Å². The van der Waals surface area contributed by atoms with Crippen LogP contribution in [-0.2, 0) is 15.1 Å². The number of amides is 1. The van der Waals surface area contributed by atoms with E-state index in [1.807, 2.05) is 44.2 Å². The van der Waals surface area contributed by atoms with Crippen molar-refractivity contribution in [2.45, 2.75) is 77.9 Å². The molecule has 4 aliphatic rings. The number of carbonyl (C=O) groups is 2. The lowest BCUT2D eigenvalue weighted by molar-refractivity contribution is -0.142. The predicted molar refractivity (Wildman–Crippen MR) is 142 cm³/mol. The number of allylic oxidation sites excluding steroid dienone is 3. The average Bonchev–Trinajstić information content (AvgIpc) is 3.19. The van der Waals surface area contributed by atoms with Crippen molar-refractivity contribution in [3.8, 4) is 5.75 Å². The number of carboxylic acids is 1. The first-order valence-corrected chi connectivity index (χ1v) is 13.7. The minimum atomic E-state index is -0.843. The second-order valence-corrected chi connectivity index (χ2v) is 12.8. The van der Waals surface area contributed by atoms with Crippen molar-refractivity contribution in [2.75, 3.05) is 7.11 Å². The topological polar surface area (TPSA) is 95.9 Å². The number of hydrogen-bond acceptors (Lipinski definition) is 4. The first-order valence-electron chi connectivity index (χ1n) is 13.7. The Morgan fingerprint density at radius 2 is 1.84 bits per heavy atom. The van der Waals surface area contributed by atoms with Crippen LogP contribution in [0.2, 0.25) is 0 Å². The molecule has 1 amide bonds. The fourth-order valence-electron chi connectivity index (χ4n) is 8.53. The van der Waals surface area contributed by atoms with Gasteiger partial charge in [-0.25, -0.2) is 4.79 Å². The van der Waals surface area contributed by atoms with Crippen LogP contribution in [0.1, 0.15) is 71.8 Å². The molecule has 0 aromatic heterocycles. The third-order valence-electron chi connectivity index (χ3n) is 10.5. The zero-order chi connectivity index (χ0) is 26.8. The van der Waals surface area contributed by atoms with Gasteiger partial charge in [-0.05, 0) is 110 Å². The molecule has 1 aromatic rings. The van der Waals surface area contributed by atoms with Gasteiger partial charge in [0.1, 0.15) is 5.75 Å². The maximum atomic E-state index is 13.8. The molecule has 2 saturated carbocycles. The maximum Gasteiger partial charge on any atom is 0.331 e. The minimum Gasteiger partial charge on any atom is -0.497 e. The fourth-order valence-corrected chi connectivity index (χ4v) is 8.53. The van der Waals surface area contributed by atoms with Gasteiger partial charge in [0.25, 0.3) is 0 Å². The van der Waals surface area contributed by atoms with E-state index in [9.17, 15) is 19.8 Å². The van der Waals surface area contributed by atoms with Gasteiger partial charge in [-0.2, -0.15) is 0 Å². The van der Waals surface area contributed by atoms with Crippen molar-refractivity contribution < 1.29 is 24.5 Å². The maximum absolute atomic E-state index is 13.8. The third kappa shape index (κ3) is 4.12. The number of ether oxygens (including phenoxy) is 1. The van der Waals surface area contributed by atoms with Crippen molar-refractivity contribution in [3.05, 3.63) is 53.1 Å². The molecule has 1 aromatic carbocycles. The Morgan fingerprint density at radius 1 is 1.14 bits per heavy atom. The van der Waals surface area contributed by atoms with E-state index >= 15 is 0 Å². The number of fused-ring (bicyclic) bond motifs is 5. The Balaban J connectivity index is 1.38. The van der Waals surface area contributed by atoms with E-state index in [-0.39, 0.29) is 28.6 Å². The van der Waals surface area contributed by atoms with Gasteiger partial charge in [-0.3, -0.25) is 4.79 Å². The monoisotopic (exact) mass is 507 g/mol. The molecule has 0 spiro atoms. The molecule has 7 atom stereocenters. The van der Waals surface area contributed by atoms with E-state index in [2.05, 4.69) is 25.2 Å². The summed E-state index contributed by atoms with van der Waals surface area (Å²) in [5.74, 6) is 0.623. The van der Waals surface area contributed by atoms with E-state index in [4.69, 9.17) is 4.74 Å². The number of benzene rings is 1. The van der Waals surface area contributed by atoms with Crippen molar-refractivity contribution in [2.24, 2.45) is 34.5 Å². The van der Waals surface area contributed by atoms with Gasteiger partial charge in [-0.1, -0.05) is 32.1 Å². The molecule has 0 unspecified atom stereocenters. The highest BCUT2D eigenvalue weighted by Gasteiger charge is 2.62. The largest absolute Gasteiger partial charge is 0.497 e. The molecular formula is C31H41NO5. The summed E-state index contributed by atoms with van der Waals surface area (Å²) in [5, 5.41) is 24.5. The smallest absolute Gasteiger partial charge is 0.331 e. The third-order valence-corrected chi connectivity index (χ3v) is 10.5. The lowest BCUT2D eigenvalue weighted by Gasteiger charge is -2.58. The Morgan fingerprint density at radius 3 is 2.49 bits per heavy atom. The summed E-state index contributed by atoms with van der Waals surface area (Å²) in [5.41, 5.74) is 1.55. The van der Waals surface area contributed by atoms with Gasteiger partial charge in [0, 0.05) is 11.5 Å². The number of carbonyl (C=O) groups excluding carboxylic acids is 1. The molecule has 0 radical (unpaired) electrons. The van der Waals surface area contributed by atoms with Crippen molar-refractivity contribution in [3.63, 3.8) is 0 Å². The summed E-state index contributed by atoms with van der Waals surface area (Å²) in [7, 11) is 1.64. The van der Waals surface area contributed by atoms with E-state index < -0.39 is 17.6 Å². The van der Waals surface area contributed by atoms with Gasteiger partial charge in [-0.15, -0.1) is 0 Å². The Bertz CT molecular complexity index is 1150. The molecule has 0 heterocycles. The summed E-state index contributed by atoms with van der Waals surface area (Å²) in [6, 6.07) is 7.82. The standard InChI is InChI=1S/C31H41NO5/c1-29(2,19-6-9-21(37-5)10-7-19)32-27(34)24-13-12-23-22-11-8-20-16-18(28(35)36)14-15-30(20,3)26(22)25(33)17-31(23,24)4/h6-10,16,22-26,33H,11-15,17H2,1-5H3,(H,32,34)(H,35,36)/t22-,23-,24+,25-,26+,30-,31-/m0/s1. The summed E-state index contributed by atoms with van der Waals surface area (Å²) >= 11 is 0. The molecule has 4 aliphatic carbocycles. The Hall–Kier alpha value is -2.60. The molecule has 37 heavy (non-hydrogen) atoms. The van der Waals surface area contributed by atoms with Crippen LogP contribution in [0.15, 0.2) is 47.6 Å². The van der Waals surface area contributed by atoms with Gasteiger partial charge in [0.15, 0.2) is 0 Å². The normalized spacial score (nSPS) is 36.9. The number of carboxylic acid groups (broad SMARTS) is 1. The lowest BCUT2D eigenvalue weighted by atomic mass is 9.47. The minimum absolute atomic E-state index is 0.0708. The fraction of sp³-hybridized carbons (Fsp3) is 0.613. The predicted octanol–water partition coefficient (Wildman–Crippen LogP) is 5.22. The highest BCUT2D eigenvalue weighted by Crippen LogP contribution is 2.66. The van der Waals surface area contributed by atoms with Crippen LogP contribution in [-0.4, -0.2) is 35.3 Å². The van der Waals surface area contributed by atoms with Crippen LogP contribution in [0, 0.1) is 34.5 Å². The van der Waals surface area contributed by atoms with E-state index in [1.165, 1.54) is 0 Å². The molecule has 3 N–H and O–H groups in total. The summed E-state index contributed by atoms with van der Waals surface area (Å²) in [6.45, 7) is 8.50. The van der Waals surface area contributed by atoms with Gasteiger partial charge < -0.3 is 20.3 Å². The number of nitrogens with one attached hydrogen (secondary N) is 1. The van der Waals surface area contributed by atoms with E-state index in [0.29, 0.717) is 30.3 Å². The average molecular weight is 508 g/mol. The number of hydrogen-bond donors (Lipinski definition) is 3. The quantitative estimate of drug-likeness (QED) is 0.508. The molecule has 2 fully saturated rings. The number of rotatable bonds is 5. The number of aliphatic hydroxyl groups is 1. The second-order valence-electron chi connectivity index (χ2n) is 12.8. The van der Waals surface area contributed by atoms with Crippen LogP contribution >= 0.6 is 0 Å².